The highest BCUT2D eigenvalue weighted by molar-refractivity contribution is 6.13. The first kappa shape index (κ1) is 87.0. The van der Waals surface area contributed by atoms with Crippen molar-refractivity contribution in [2.45, 2.75) is 55.4 Å². The van der Waals surface area contributed by atoms with Crippen LogP contribution in [0.15, 0.2) is 200 Å². The van der Waals surface area contributed by atoms with Gasteiger partial charge in [0.15, 0.2) is 134 Å². The molecule has 0 N–H and O–H groups in total. The van der Waals surface area contributed by atoms with Crippen molar-refractivity contribution in [3.63, 3.8) is 0 Å². The van der Waals surface area contributed by atoms with Crippen LogP contribution in [0.3, 0.4) is 0 Å². The Bertz CT molecular complexity index is 8120. The van der Waals surface area contributed by atoms with Crippen LogP contribution in [0.4, 0.5) is 79.0 Å². The normalized spacial score (nSPS) is 11.6. The molecule has 20 rings (SSSR count). The maximum atomic E-state index is 14.8. The van der Waals surface area contributed by atoms with Gasteiger partial charge in [0.1, 0.15) is 28.2 Å². The van der Waals surface area contributed by atoms with Gasteiger partial charge in [-0.3, -0.25) is 0 Å². The van der Waals surface area contributed by atoms with Crippen LogP contribution >= 0.6 is 0 Å². The maximum Gasteiger partial charge on any atom is 0.227 e. The molecule has 0 saturated carbocycles. The van der Waals surface area contributed by atoms with Gasteiger partial charge >= 0.3 is 0 Å². The van der Waals surface area contributed by atoms with E-state index in [0.717, 1.165) is 100 Å². The molecule has 8 aromatic carbocycles. The van der Waals surface area contributed by atoms with Crippen LogP contribution in [0, 0.1) is 160 Å². The number of pyridine rings is 8. The molecular formula is C100H66F18N8O4+4. The van der Waals surface area contributed by atoms with Crippen molar-refractivity contribution in [3.8, 4) is 89.5 Å². The minimum absolute atomic E-state index is 0.152. The van der Waals surface area contributed by atoms with Crippen molar-refractivity contribution in [3.05, 3.63) is 332 Å². The molecule has 0 unspecified atom stereocenters. The molecule has 0 aliphatic rings. The van der Waals surface area contributed by atoms with Crippen LogP contribution in [-0.4, -0.2) is 19.9 Å². The van der Waals surface area contributed by atoms with E-state index in [1.165, 1.54) is 42.7 Å². The van der Waals surface area contributed by atoms with Gasteiger partial charge in [0.25, 0.3) is 0 Å². The van der Waals surface area contributed by atoms with E-state index in [-0.39, 0.29) is 27.9 Å². The summed E-state index contributed by atoms with van der Waals surface area (Å²) in [4.78, 5) is 17.8. The van der Waals surface area contributed by atoms with E-state index in [9.17, 15) is 79.0 Å². The third-order valence-electron chi connectivity index (χ3n) is 22.8. The van der Waals surface area contributed by atoms with Gasteiger partial charge in [0, 0.05) is 102 Å². The molecule has 130 heavy (non-hydrogen) atoms. The molecule has 652 valence electrons. The van der Waals surface area contributed by atoms with Crippen LogP contribution in [0.5, 0.6) is 0 Å². The van der Waals surface area contributed by atoms with Crippen LogP contribution in [-0.2, 0) is 28.2 Å². The van der Waals surface area contributed by atoms with Gasteiger partial charge in [0.05, 0.1) is 55.6 Å². The van der Waals surface area contributed by atoms with E-state index in [4.69, 9.17) is 17.7 Å². The largest absolute Gasteiger partial charge is 0.437 e. The Morgan fingerprint density at radius 3 is 0.908 bits per heavy atom. The fourth-order valence-electron chi connectivity index (χ4n) is 16.4. The van der Waals surface area contributed by atoms with Gasteiger partial charge in [-0.15, -0.1) is 0 Å². The lowest BCUT2D eigenvalue weighted by Gasteiger charge is -2.13. The number of hydrogen-bond donors (Lipinski definition) is 0. The highest BCUT2D eigenvalue weighted by Crippen LogP contribution is 2.47. The minimum atomic E-state index is -2.20. The van der Waals surface area contributed by atoms with Gasteiger partial charge in [-0.25, -0.2) is 117 Å². The second-order valence-electron chi connectivity index (χ2n) is 31.3. The number of aryl methyl sites for hydroxylation is 12. The summed E-state index contributed by atoms with van der Waals surface area (Å²) in [7, 11) is 6.79. The van der Waals surface area contributed by atoms with Crippen LogP contribution in [0.2, 0.25) is 0 Å². The Balaban J connectivity index is 0.000000121. The van der Waals surface area contributed by atoms with E-state index >= 15 is 0 Å². The summed E-state index contributed by atoms with van der Waals surface area (Å²) >= 11 is 0. The average molecular weight is 1790 g/mol. The standard InChI is InChI=1S/3C25H16F5N2O.C25H18F3N2O/c1-11-4-7-14-15-8-5-12(2)31-25(15)33-24(14)17(11)16-9-6-13(10-32(16)3)18-19(26)21(28)23(30)22(29)20(18)27;1-11-4-6-14-15-7-5-12(2)31-25(15)33-24(14)17(11)16-10-13(8-9-32(16)3)18-19(26)21(28)23(30)22(29)20(18)27;1-11-6-8-13-14-9-7-12(2)31-25(14)33-24(13)16(11)23-15(5-4-10-32(23)3)17-18(26)20(28)22(30)21(29)19(17)27;1-13-6-8-17-18-9-7-14(2)29-25(18)31-24(17)21(13)23-16(5-4-10-30(23)3)15-11-19(26)22(28)20(27)12-15/h3*4-10H,1-3H3;4-12H,1-3H3/q4*+1. The summed E-state index contributed by atoms with van der Waals surface area (Å²) in [6, 6.07) is 44.3. The first-order valence-corrected chi connectivity index (χ1v) is 39.8. The fraction of sp³-hybridized carbons (Fsp3) is 0.120. The second kappa shape index (κ2) is 33.3. The Morgan fingerprint density at radius 2 is 0.538 bits per heavy atom. The quantitative estimate of drug-likeness (QED) is 0.0639. The lowest BCUT2D eigenvalue weighted by molar-refractivity contribution is -0.660. The van der Waals surface area contributed by atoms with Crippen molar-refractivity contribution in [1.82, 2.24) is 19.9 Å². The number of nitrogens with zero attached hydrogens (tertiary/aromatic N) is 8. The third kappa shape index (κ3) is 14.6. The zero-order chi connectivity index (χ0) is 92.7. The maximum absolute atomic E-state index is 14.8. The first-order chi connectivity index (χ1) is 61.9. The van der Waals surface area contributed by atoms with Crippen LogP contribution < -0.4 is 18.3 Å². The van der Waals surface area contributed by atoms with Crippen molar-refractivity contribution in [2.24, 2.45) is 28.2 Å². The molecule has 0 saturated heterocycles. The Kier molecular flexibility index (Phi) is 22.3. The van der Waals surface area contributed by atoms with E-state index < -0.39 is 121 Å². The van der Waals surface area contributed by atoms with Gasteiger partial charge in [-0.2, -0.15) is 0 Å². The number of furan rings is 4. The van der Waals surface area contributed by atoms with Gasteiger partial charge in [-0.1, -0.05) is 48.5 Å². The Hall–Kier alpha value is -15.1. The molecule has 30 heteroatoms. The second-order valence-corrected chi connectivity index (χ2v) is 31.3. The number of hydrogen-bond acceptors (Lipinski definition) is 8. The van der Waals surface area contributed by atoms with Gasteiger partial charge in [-0.05, 0) is 162 Å². The fourth-order valence-corrected chi connectivity index (χ4v) is 16.4. The predicted octanol–water partition coefficient (Wildman–Crippen LogP) is 25.5. The van der Waals surface area contributed by atoms with Gasteiger partial charge in [0.2, 0.25) is 63.1 Å². The SMILES string of the molecule is Cc1ccc2c(n1)oc1c(-c3c(-c4c(F)c(F)c(F)c(F)c4F)ccc[n+]3C)c(C)ccc12.Cc1ccc2c(n1)oc1c(-c3c(-c4cc(F)c(F)c(F)c4)ccc[n+]3C)c(C)ccc12.Cc1ccc2c(n1)oc1c(-c3cc(-c4c(F)c(F)c(F)c(F)c4F)cc[n+]3C)c(C)ccc12.Cc1ccc2c(n1)oc1c(-c3ccc(-c4c(F)c(F)c(F)c(F)c4F)c[n+]3C)c(C)ccc12. The molecule has 0 bridgehead atoms. The van der Waals surface area contributed by atoms with Crippen molar-refractivity contribution >= 4 is 88.3 Å². The van der Waals surface area contributed by atoms with E-state index in [1.807, 2.05) is 163 Å². The third-order valence-corrected chi connectivity index (χ3v) is 22.8. The molecule has 20 aromatic rings. The van der Waals surface area contributed by atoms with E-state index in [1.54, 1.807) is 66.2 Å². The molecule has 12 nitrogen and oxygen atoms in total. The van der Waals surface area contributed by atoms with E-state index in [2.05, 4.69) is 19.9 Å². The van der Waals surface area contributed by atoms with Crippen molar-refractivity contribution in [1.29, 1.82) is 0 Å². The summed E-state index contributed by atoms with van der Waals surface area (Å²) in [5.41, 5.74) is 12.4. The van der Waals surface area contributed by atoms with Crippen LogP contribution in [0.25, 0.3) is 178 Å². The lowest BCUT2D eigenvalue weighted by atomic mass is 9.93. The van der Waals surface area contributed by atoms with Crippen LogP contribution in [0.1, 0.15) is 45.0 Å². The summed E-state index contributed by atoms with van der Waals surface area (Å²) in [6.45, 7) is 14.9. The molecule has 12 aromatic heterocycles. The molecule has 0 spiro atoms. The lowest BCUT2D eigenvalue weighted by Crippen LogP contribution is -2.31. The predicted molar refractivity (Wildman–Crippen MR) is 451 cm³/mol. The molecule has 0 radical (unpaired) electrons. The number of benzene rings is 8. The molecule has 0 fully saturated rings. The topological polar surface area (TPSA) is 120 Å². The molecule has 12 heterocycles. The summed E-state index contributed by atoms with van der Waals surface area (Å²) < 4.78 is 284. The Morgan fingerprint density at radius 1 is 0.231 bits per heavy atom. The molecule has 0 amide bonds. The highest BCUT2D eigenvalue weighted by Gasteiger charge is 2.37. The first-order valence-electron chi connectivity index (χ1n) is 39.8. The number of aromatic nitrogens is 8. The minimum Gasteiger partial charge on any atom is -0.437 e. The zero-order valence-corrected chi connectivity index (χ0v) is 70.3. The number of fused-ring (bicyclic) bond motifs is 12. The summed E-state index contributed by atoms with van der Waals surface area (Å²) in [5.74, 6) is -33.8. The highest BCUT2D eigenvalue weighted by atomic mass is 19.2. The molecule has 0 aliphatic carbocycles. The summed E-state index contributed by atoms with van der Waals surface area (Å²) in [5, 5.41) is 6.53. The van der Waals surface area contributed by atoms with Gasteiger partial charge < -0.3 is 17.7 Å². The zero-order valence-electron chi connectivity index (χ0n) is 70.3. The van der Waals surface area contributed by atoms with Crippen molar-refractivity contribution in [2.75, 3.05) is 0 Å². The Labute approximate surface area is 725 Å². The monoisotopic (exact) mass is 1780 g/mol. The summed E-state index contributed by atoms with van der Waals surface area (Å²) in [6.07, 6.45) is 6.27. The number of rotatable bonds is 8. The molecular weight excluding hydrogens is 1720 g/mol. The smallest absolute Gasteiger partial charge is 0.227 e. The van der Waals surface area contributed by atoms with Crippen molar-refractivity contribution < 1.29 is 115 Å². The molecule has 0 atom stereocenters. The number of halogens is 18. The van der Waals surface area contributed by atoms with E-state index in [0.29, 0.717) is 89.9 Å². The molecule has 0 aliphatic heterocycles. The average Bonchev–Trinajstić information content (AvgIpc) is 0.830.